The second kappa shape index (κ2) is 7.23. The van der Waals surface area contributed by atoms with Crippen molar-refractivity contribution in [1.29, 1.82) is 0 Å². The number of hydrogen-bond donors (Lipinski definition) is 1. The van der Waals surface area contributed by atoms with Gasteiger partial charge in [-0.2, -0.15) is 0 Å². The maximum atomic E-state index is 12.8. The summed E-state index contributed by atoms with van der Waals surface area (Å²) in [6.45, 7) is 2.79. The van der Waals surface area contributed by atoms with Crippen LogP contribution >= 0.6 is 0 Å². The van der Waals surface area contributed by atoms with E-state index in [1.54, 1.807) is 0 Å². The topological polar surface area (TPSA) is 51.1 Å². The lowest BCUT2D eigenvalue weighted by Crippen LogP contribution is -2.19. The highest BCUT2D eigenvalue weighted by Gasteiger charge is 2.31. The Kier molecular flexibility index (Phi) is 4.63. The number of aryl methyl sites for hydroxylation is 1. The minimum atomic E-state index is -0.229. The first-order chi connectivity index (χ1) is 13.2. The third-order valence-electron chi connectivity index (χ3n) is 5.23. The number of nitrogens with one attached hydrogen (secondary N) is 1. The van der Waals surface area contributed by atoms with Crippen molar-refractivity contribution in [2.24, 2.45) is 0 Å². The van der Waals surface area contributed by atoms with Gasteiger partial charge in [0.2, 0.25) is 11.7 Å². The number of nitrogens with zero attached hydrogens (tertiary/aromatic N) is 1. The van der Waals surface area contributed by atoms with Gasteiger partial charge in [0.05, 0.1) is 11.6 Å². The molecule has 1 aliphatic rings. The fourth-order valence-electron chi connectivity index (χ4n) is 3.70. The minimum Gasteiger partial charge on any atom is -0.341 e. The number of hydrogen-bond acceptors (Lipinski definition) is 2. The Hall–Kier alpha value is -3.14. The maximum Gasteiger partial charge on any atom is 0.233 e. The second-order valence-corrected chi connectivity index (χ2v) is 6.87. The lowest BCUT2D eigenvalue weighted by atomic mass is 10.0. The molecule has 136 valence electrons. The Morgan fingerprint density at radius 3 is 2.44 bits per heavy atom. The first-order valence-electron chi connectivity index (χ1n) is 9.36. The molecule has 1 aliphatic heterocycles. The lowest BCUT2D eigenvalue weighted by Gasteiger charge is -2.11. The summed E-state index contributed by atoms with van der Waals surface area (Å²) in [6.07, 6.45) is 1.69. The van der Waals surface area contributed by atoms with Crippen LogP contribution < -0.4 is 5.32 Å². The summed E-state index contributed by atoms with van der Waals surface area (Å²) in [5.74, 6) is -0.249. The molecule has 0 saturated carbocycles. The molecular formula is C23H22N2O2. The molecule has 27 heavy (non-hydrogen) atoms. The van der Waals surface area contributed by atoms with Gasteiger partial charge in [-0.3, -0.25) is 9.59 Å². The van der Waals surface area contributed by atoms with Crippen LogP contribution in [-0.2, 0) is 17.8 Å². The van der Waals surface area contributed by atoms with E-state index < -0.39 is 0 Å². The first-order valence-corrected chi connectivity index (χ1v) is 9.36. The predicted molar refractivity (Wildman–Crippen MR) is 106 cm³/mol. The summed E-state index contributed by atoms with van der Waals surface area (Å²) in [5, 5.41) is 3.01. The van der Waals surface area contributed by atoms with Crippen molar-refractivity contribution in [1.82, 2.24) is 4.57 Å². The summed E-state index contributed by atoms with van der Waals surface area (Å²) in [4.78, 5) is 25.5. The maximum absolute atomic E-state index is 12.8. The van der Waals surface area contributed by atoms with Crippen LogP contribution in [0.2, 0.25) is 0 Å². The van der Waals surface area contributed by atoms with E-state index in [1.807, 2.05) is 71.3 Å². The highest BCUT2D eigenvalue weighted by molar-refractivity contribution is 6.08. The molecule has 1 N–H and O–H groups in total. The minimum absolute atomic E-state index is 0.00179. The largest absolute Gasteiger partial charge is 0.341 e. The predicted octanol–water partition coefficient (Wildman–Crippen LogP) is 4.41. The number of aromatic nitrogens is 1. The quantitative estimate of drug-likeness (QED) is 0.687. The number of carbonyl (C=O) groups excluding carboxylic acids is 2. The molecule has 3 aromatic rings. The Bertz CT molecular complexity index is 971. The Morgan fingerprint density at radius 2 is 1.74 bits per heavy atom. The second-order valence-electron chi connectivity index (χ2n) is 6.87. The van der Waals surface area contributed by atoms with Crippen molar-refractivity contribution >= 4 is 17.4 Å². The zero-order valence-corrected chi connectivity index (χ0v) is 15.3. The molecule has 2 aromatic carbocycles. The van der Waals surface area contributed by atoms with Crippen LogP contribution in [0.15, 0.2) is 66.7 Å². The molecule has 0 spiro atoms. The molecule has 0 unspecified atom stereocenters. The molecule has 4 heteroatoms. The molecule has 4 rings (SSSR count). The number of carbonyl (C=O) groups is 2. The highest BCUT2D eigenvalue weighted by Crippen LogP contribution is 2.32. The van der Waals surface area contributed by atoms with E-state index in [4.69, 9.17) is 0 Å². The number of amides is 1. The van der Waals surface area contributed by atoms with E-state index in [-0.39, 0.29) is 17.6 Å². The van der Waals surface area contributed by atoms with Gasteiger partial charge in [0.25, 0.3) is 0 Å². The lowest BCUT2D eigenvalue weighted by molar-refractivity contribution is -0.117. The molecule has 0 saturated heterocycles. The molecule has 1 amide bonds. The van der Waals surface area contributed by atoms with Crippen molar-refractivity contribution in [3.8, 4) is 0 Å². The molecule has 1 atom stereocenters. The smallest absolute Gasteiger partial charge is 0.233 e. The third kappa shape index (κ3) is 3.31. The van der Waals surface area contributed by atoms with Crippen LogP contribution in [0.1, 0.15) is 46.6 Å². The van der Waals surface area contributed by atoms with Gasteiger partial charge in [-0.25, -0.2) is 0 Å². The van der Waals surface area contributed by atoms with Crippen molar-refractivity contribution in [3.63, 3.8) is 0 Å². The highest BCUT2D eigenvalue weighted by atomic mass is 16.2. The van der Waals surface area contributed by atoms with Crippen LogP contribution in [0.4, 0.5) is 5.69 Å². The standard InChI is InChI=1S/C23H22N2O2/c1-2-16-8-10-18(11-9-16)24-23(27)19-14-15-25-20(19)12-13-21(25)22(26)17-6-4-3-5-7-17/h3-13,19H,2,14-15H2,1H3,(H,24,27)/t19-/m1/s1. The summed E-state index contributed by atoms with van der Waals surface area (Å²) < 4.78 is 1.99. The number of rotatable bonds is 5. The summed E-state index contributed by atoms with van der Waals surface area (Å²) in [6, 6.07) is 20.9. The average molecular weight is 358 g/mol. The number of ketones is 1. The third-order valence-corrected chi connectivity index (χ3v) is 5.23. The van der Waals surface area contributed by atoms with E-state index >= 15 is 0 Å². The van der Waals surface area contributed by atoms with E-state index in [0.717, 1.165) is 17.8 Å². The zero-order valence-electron chi connectivity index (χ0n) is 15.3. The Labute approximate surface area is 158 Å². The van der Waals surface area contributed by atoms with Crippen LogP contribution in [0.25, 0.3) is 0 Å². The normalized spacial score (nSPS) is 15.4. The van der Waals surface area contributed by atoms with E-state index in [0.29, 0.717) is 24.2 Å². The fourth-order valence-corrected chi connectivity index (χ4v) is 3.70. The molecular weight excluding hydrogens is 336 g/mol. The van der Waals surface area contributed by atoms with Crippen LogP contribution in [0.3, 0.4) is 0 Å². The van der Waals surface area contributed by atoms with Gasteiger partial charge in [0, 0.05) is 23.5 Å². The number of anilines is 1. The van der Waals surface area contributed by atoms with E-state index in [1.165, 1.54) is 5.56 Å². The van der Waals surface area contributed by atoms with E-state index in [2.05, 4.69) is 12.2 Å². The molecule has 0 radical (unpaired) electrons. The first kappa shape index (κ1) is 17.3. The van der Waals surface area contributed by atoms with Gasteiger partial charge in [0.15, 0.2) is 0 Å². The molecule has 0 bridgehead atoms. The van der Waals surface area contributed by atoms with Gasteiger partial charge in [-0.05, 0) is 42.7 Å². The summed E-state index contributed by atoms with van der Waals surface area (Å²) in [7, 11) is 0. The van der Waals surface area contributed by atoms with Crippen molar-refractivity contribution in [2.75, 3.05) is 5.32 Å². The monoisotopic (exact) mass is 358 g/mol. The van der Waals surface area contributed by atoms with E-state index in [9.17, 15) is 9.59 Å². The van der Waals surface area contributed by atoms with Gasteiger partial charge in [-0.15, -0.1) is 0 Å². The van der Waals surface area contributed by atoms with Gasteiger partial charge in [-0.1, -0.05) is 49.4 Å². The Morgan fingerprint density at radius 1 is 1.00 bits per heavy atom. The molecule has 2 heterocycles. The zero-order chi connectivity index (χ0) is 18.8. The van der Waals surface area contributed by atoms with Gasteiger partial charge < -0.3 is 9.88 Å². The summed E-state index contributed by atoms with van der Waals surface area (Å²) in [5.41, 5.74) is 4.28. The summed E-state index contributed by atoms with van der Waals surface area (Å²) >= 11 is 0. The Balaban J connectivity index is 1.53. The van der Waals surface area contributed by atoms with Crippen molar-refractivity contribution in [2.45, 2.75) is 32.2 Å². The van der Waals surface area contributed by atoms with Crippen molar-refractivity contribution < 1.29 is 9.59 Å². The number of benzene rings is 2. The average Bonchev–Trinajstić information content (AvgIpc) is 3.31. The SMILES string of the molecule is CCc1ccc(NC(=O)[C@@H]2CCn3c(C(=O)c4ccccc4)ccc32)cc1. The van der Waals surface area contributed by atoms with Crippen LogP contribution in [-0.4, -0.2) is 16.3 Å². The van der Waals surface area contributed by atoms with Gasteiger partial charge >= 0.3 is 0 Å². The molecule has 0 aliphatic carbocycles. The fraction of sp³-hybridized carbons (Fsp3) is 0.217. The molecule has 4 nitrogen and oxygen atoms in total. The number of fused-ring (bicyclic) bond motifs is 1. The molecule has 0 fully saturated rings. The van der Waals surface area contributed by atoms with Crippen LogP contribution in [0, 0.1) is 0 Å². The van der Waals surface area contributed by atoms with Gasteiger partial charge in [0.1, 0.15) is 0 Å². The molecule has 1 aromatic heterocycles. The van der Waals surface area contributed by atoms with Crippen LogP contribution in [0.5, 0.6) is 0 Å². The van der Waals surface area contributed by atoms with Crippen molar-refractivity contribution in [3.05, 3.63) is 89.2 Å².